The number of carboxylic acids is 1. The normalized spacial score (nSPS) is 19.5. The summed E-state index contributed by atoms with van der Waals surface area (Å²) in [5.74, 6) is -2.47. The van der Waals surface area contributed by atoms with Crippen LogP contribution < -0.4 is 5.32 Å². The number of aromatic carboxylic acids is 1. The molecule has 1 aliphatic carbocycles. The number of halogens is 3. The van der Waals surface area contributed by atoms with Crippen LogP contribution >= 0.6 is 11.3 Å². The predicted molar refractivity (Wildman–Crippen MR) is 83.2 cm³/mol. The van der Waals surface area contributed by atoms with Gasteiger partial charge in [0.15, 0.2) is 5.69 Å². The van der Waals surface area contributed by atoms with E-state index in [-0.39, 0.29) is 23.7 Å². The molecule has 1 amide bonds. The van der Waals surface area contributed by atoms with Gasteiger partial charge in [0.2, 0.25) is 5.91 Å². The molecule has 25 heavy (non-hydrogen) atoms. The Morgan fingerprint density at radius 3 is 2.68 bits per heavy atom. The van der Waals surface area contributed by atoms with Crippen LogP contribution in [0.25, 0.3) is 0 Å². The zero-order valence-electron chi connectivity index (χ0n) is 12.7. The highest BCUT2D eigenvalue weighted by Gasteiger charge is 2.47. The summed E-state index contributed by atoms with van der Waals surface area (Å²) in [5, 5.41) is 13.2. The average Bonchev–Trinajstić information content (AvgIpc) is 3.21. The van der Waals surface area contributed by atoms with Crippen LogP contribution in [0, 0.1) is 5.92 Å². The largest absolute Gasteiger partial charge is 0.476 e. The van der Waals surface area contributed by atoms with Gasteiger partial charge in [-0.1, -0.05) is 18.2 Å². The Labute approximate surface area is 144 Å². The molecule has 132 valence electrons. The first-order valence-corrected chi connectivity index (χ1v) is 8.27. The van der Waals surface area contributed by atoms with Crippen molar-refractivity contribution in [1.29, 1.82) is 0 Å². The fourth-order valence-corrected chi connectivity index (χ4v) is 3.40. The molecule has 2 aromatic rings. The van der Waals surface area contributed by atoms with Gasteiger partial charge in [-0.2, -0.15) is 13.2 Å². The van der Waals surface area contributed by atoms with E-state index in [0.29, 0.717) is 11.4 Å². The molecular weight excluding hydrogens is 357 g/mol. The van der Waals surface area contributed by atoms with E-state index in [0.717, 1.165) is 17.4 Å². The second-order valence-corrected chi connectivity index (χ2v) is 6.63. The molecule has 9 heteroatoms. The van der Waals surface area contributed by atoms with Gasteiger partial charge in [0.05, 0.1) is 12.1 Å². The molecule has 0 spiro atoms. The SMILES string of the molecule is O=C(O)c1csc(CNC(=O)C2CC2c2ccccc2C(F)(F)F)n1. The number of carbonyl (C=O) groups excluding carboxylic acids is 1. The minimum absolute atomic E-state index is 0.0565. The van der Waals surface area contributed by atoms with Crippen molar-refractivity contribution in [3.8, 4) is 0 Å². The third-order valence-corrected chi connectivity index (χ3v) is 4.83. The van der Waals surface area contributed by atoms with Gasteiger partial charge in [-0.15, -0.1) is 11.3 Å². The predicted octanol–water partition coefficient (Wildman–Crippen LogP) is 3.28. The molecule has 1 aromatic heterocycles. The summed E-state index contributed by atoms with van der Waals surface area (Å²) in [4.78, 5) is 26.7. The van der Waals surface area contributed by atoms with Crippen molar-refractivity contribution in [3.63, 3.8) is 0 Å². The van der Waals surface area contributed by atoms with Crippen molar-refractivity contribution < 1.29 is 27.9 Å². The summed E-state index contributed by atoms with van der Waals surface area (Å²) >= 11 is 1.10. The summed E-state index contributed by atoms with van der Waals surface area (Å²) < 4.78 is 39.1. The Morgan fingerprint density at radius 2 is 2.04 bits per heavy atom. The first kappa shape index (κ1) is 17.4. The highest BCUT2D eigenvalue weighted by atomic mass is 32.1. The number of hydrogen-bond donors (Lipinski definition) is 2. The number of amides is 1. The van der Waals surface area contributed by atoms with Gasteiger partial charge in [-0.25, -0.2) is 9.78 Å². The standard InChI is InChI=1S/C16H13F3N2O3S/c17-16(18,19)11-4-2-1-3-8(11)9-5-10(9)14(22)20-6-13-21-12(7-25-13)15(23)24/h1-4,7,9-10H,5-6H2,(H,20,22)(H,23,24). The molecule has 2 N–H and O–H groups in total. The van der Waals surface area contributed by atoms with Crippen LogP contribution in [0.2, 0.25) is 0 Å². The first-order valence-electron chi connectivity index (χ1n) is 7.39. The highest BCUT2D eigenvalue weighted by Crippen LogP contribution is 2.51. The lowest BCUT2D eigenvalue weighted by Gasteiger charge is -2.12. The molecule has 0 bridgehead atoms. The van der Waals surface area contributed by atoms with Crippen molar-refractivity contribution in [1.82, 2.24) is 10.3 Å². The minimum Gasteiger partial charge on any atom is -0.476 e. The van der Waals surface area contributed by atoms with Crippen LogP contribution in [0.3, 0.4) is 0 Å². The second kappa shape index (κ2) is 6.47. The number of nitrogens with one attached hydrogen (secondary N) is 1. The van der Waals surface area contributed by atoms with Crippen LogP contribution in [0.4, 0.5) is 13.2 Å². The van der Waals surface area contributed by atoms with Gasteiger partial charge in [-0.3, -0.25) is 4.79 Å². The molecule has 2 unspecified atom stereocenters. The molecule has 1 heterocycles. The summed E-state index contributed by atoms with van der Waals surface area (Å²) in [6.07, 6.45) is -4.09. The summed E-state index contributed by atoms with van der Waals surface area (Å²) in [6, 6.07) is 5.28. The Bertz CT molecular complexity index is 819. The zero-order chi connectivity index (χ0) is 18.2. The van der Waals surface area contributed by atoms with Crippen LogP contribution in [-0.4, -0.2) is 22.0 Å². The van der Waals surface area contributed by atoms with Crippen molar-refractivity contribution in [2.45, 2.75) is 25.1 Å². The number of thiazole rings is 1. The Hall–Kier alpha value is -2.42. The molecule has 1 saturated carbocycles. The van der Waals surface area contributed by atoms with Gasteiger partial charge in [0.1, 0.15) is 5.01 Å². The van der Waals surface area contributed by atoms with Crippen molar-refractivity contribution >= 4 is 23.2 Å². The van der Waals surface area contributed by atoms with Gasteiger partial charge < -0.3 is 10.4 Å². The van der Waals surface area contributed by atoms with Crippen molar-refractivity contribution in [2.75, 3.05) is 0 Å². The van der Waals surface area contributed by atoms with Crippen LogP contribution in [0.5, 0.6) is 0 Å². The minimum atomic E-state index is -4.45. The number of nitrogens with zero attached hydrogens (tertiary/aromatic N) is 1. The van der Waals surface area contributed by atoms with E-state index in [9.17, 15) is 22.8 Å². The molecule has 0 aliphatic heterocycles. The molecule has 1 fully saturated rings. The van der Waals surface area contributed by atoms with Gasteiger partial charge in [0.25, 0.3) is 0 Å². The maximum absolute atomic E-state index is 13.0. The van der Waals surface area contributed by atoms with E-state index in [2.05, 4.69) is 10.3 Å². The Balaban J connectivity index is 1.62. The van der Waals surface area contributed by atoms with E-state index in [1.165, 1.54) is 23.6 Å². The molecule has 5 nitrogen and oxygen atoms in total. The van der Waals surface area contributed by atoms with Gasteiger partial charge in [0, 0.05) is 11.3 Å². The monoisotopic (exact) mass is 370 g/mol. The molecule has 0 saturated heterocycles. The lowest BCUT2D eigenvalue weighted by Crippen LogP contribution is -2.25. The van der Waals surface area contributed by atoms with E-state index < -0.39 is 29.5 Å². The number of alkyl halides is 3. The van der Waals surface area contributed by atoms with Crippen LogP contribution in [-0.2, 0) is 17.5 Å². The third-order valence-electron chi connectivity index (χ3n) is 3.98. The second-order valence-electron chi connectivity index (χ2n) is 5.68. The van der Waals surface area contributed by atoms with Gasteiger partial charge >= 0.3 is 12.1 Å². The Kier molecular flexibility index (Phi) is 4.51. The maximum Gasteiger partial charge on any atom is 0.416 e. The molecule has 0 radical (unpaired) electrons. The molecule has 2 atom stereocenters. The fraction of sp³-hybridized carbons (Fsp3) is 0.312. The van der Waals surface area contributed by atoms with Crippen LogP contribution in [0.1, 0.15) is 39.0 Å². The zero-order valence-corrected chi connectivity index (χ0v) is 13.5. The maximum atomic E-state index is 13.0. The quantitative estimate of drug-likeness (QED) is 0.847. The topological polar surface area (TPSA) is 79.3 Å². The van der Waals surface area contributed by atoms with Crippen LogP contribution in [0.15, 0.2) is 29.6 Å². The van der Waals surface area contributed by atoms with E-state index in [1.54, 1.807) is 0 Å². The number of carbonyl (C=O) groups is 2. The molecule has 1 aliphatic rings. The Morgan fingerprint density at radius 1 is 1.32 bits per heavy atom. The smallest absolute Gasteiger partial charge is 0.416 e. The number of carboxylic acid groups (broad SMARTS) is 1. The van der Waals surface area contributed by atoms with Crippen molar-refractivity contribution in [2.24, 2.45) is 5.92 Å². The van der Waals surface area contributed by atoms with E-state index in [4.69, 9.17) is 5.11 Å². The fourth-order valence-electron chi connectivity index (χ4n) is 2.69. The number of aromatic nitrogens is 1. The van der Waals surface area contributed by atoms with Gasteiger partial charge in [-0.05, 0) is 24.0 Å². The molecular formula is C16H13F3N2O3S. The lowest BCUT2D eigenvalue weighted by atomic mass is 10.0. The highest BCUT2D eigenvalue weighted by molar-refractivity contribution is 7.09. The first-order chi connectivity index (χ1) is 11.8. The molecule has 3 rings (SSSR count). The third kappa shape index (κ3) is 3.81. The average molecular weight is 370 g/mol. The number of hydrogen-bond acceptors (Lipinski definition) is 4. The molecule has 1 aromatic carbocycles. The van der Waals surface area contributed by atoms with E-state index >= 15 is 0 Å². The lowest BCUT2D eigenvalue weighted by molar-refractivity contribution is -0.138. The van der Waals surface area contributed by atoms with E-state index in [1.807, 2.05) is 0 Å². The summed E-state index contributed by atoms with van der Waals surface area (Å²) in [7, 11) is 0. The summed E-state index contributed by atoms with van der Waals surface area (Å²) in [6.45, 7) is 0.0565. The number of rotatable bonds is 5. The number of benzene rings is 1. The summed E-state index contributed by atoms with van der Waals surface area (Å²) in [5.41, 5.74) is -0.670. The van der Waals surface area contributed by atoms with Crippen molar-refractivity contribution in [3.05, 3.63) is 51.5 Å².